The molecule has 0 unspecified atom stereocenters. The highest BCUT2D eigenvalue weighted by atomic mass is 32.1. The van der Waals surface area contributed by atoms with Crippen LogP contribution in [0, 0.1) is 0 Å². The largest absolute Gasteiger partial charge is 0.373 e. The number of piperidine rings is 1. The molecule has 0 N–H and O–H groups in total. The normalized spacial score (nSPS) is 25.7. The van der Waals surface area contributed by atoms with E-state index >= 15 is 0 Å². The second kappa shape index (κ2) is 7.62. The Labute approximate surface area is 159 Å². The lowest BCUT2D eigenvalue weighted by Crippen LogP contribution is -2.50. The third-order valence-electron chi connectivity index (χ3n) is 5.36. The Morgan fingerprint density at radius 1 is 1.19 bits per heavy atom. The number of likely N-dealkylation sites (tertiary alicyclic amines) is 1. The molecule has 0 radical (unpaired) electrons. The number of fused-ring (bicyclic) bond motifs is 1. The zero-order valence-corrected chi connectivity index (χ0v) is 16.4. The van der Waals surface area contributed by atoms with E-state index in [9.17, 15) is 4.79 Å². The van der Waals surface area contributed by atoms with Crippen LogP contribution < -0.4 is 0 Å². The van der Waals surface area contributed by atoms with Crippen LogP contribution in [-0.4, -0.2) is 65.6 Å². The average Bonchev–Trinajstić information content (AvgIpc) is 3.05. The number of aromatic nitrogens is 1. The SMILES string of the molecule is C[C@@H]1CN(CC(=O)N2CCC(c3nc4ccccc4s3)CC2)C[C@@H](C)O1. The van der Waals surface area contributed by atoms with Crippen LogP contribution in [0.5, 0.6) is 0 Å². The Bertz CT molecular complexity index is 726. The predicted molar refractivity (Wildman–Crippen MR) is 105 cm³/mol. The van der Waals surface area contributed by atoms with Crippen LogP contribution in [0.3, 0.4) is 0 Å². The summed E-state index contributed by atoms with van der Waals surface area (Å²) in [7, 11) is 0. The van der Waals surface area contributed by atoms with Crippen molar-refractivity contribution in [3.8, 4) is 0 Å². The number of morpholine rings is 1. The lowest BCUT2D eigenvalue weighted by molar-refractivity contribution is -0.136. The number of hydrogen-bond acceptors (Lipinski definition) is 5. The maximum absolute atomic E-state index is 12.7. The fraction of sp³-hybridized carbons (Fsp3) is 0.600. The first-order chi connectivity index (χ1) is 12.6. The molecule has 0 spiro atoms. The molecule has 4 rings (SSSR count). The topological polar surface area (TPSA) is 45.7 Å². The highest BCUT2D eigenvalue weighted by molar-refractivity contribution is 7.18. The second-order valence-corrected chi connectivity index (χ2v) is 8.69. The summed E-state index contributed by atoms with van der Waals surface area (Å²) in [6.07, 6.45) is 2.44. The molecule has 0 aliphatic carbocycles. The van der Waals surface area contributed by atoms with Gasteiger partial charge in [0, 0.05) is 32.1 Å². The summed E-state index contributed by atoms with van der Waals surface area (Å²) < 4.78 is 7.02. The molecule has 2 aliphatic heterocycles. The quantitative estimate of drug-likeness (QED) is 0.829. The highest BCUT2D eigenvalue weighted by Gasteiger charge is 2.29. The number of amides is 1. The van der Waals surface area contributed by atoms with Crippen molar-refractivity contribution in [3.63, 3.8) is 0 Å². The van der Waals surface area contributed by atoms with E-state index in [1.807, 2.05) is 11.0 Å². The number of carbonyl (C=O) groups is 1. The number of hydrogen-bond donors (Lipinski definition) is 0. The standard InChI is InChI=1S/C20H27N3O2S/c1-14-11-22(12-15(2)25-14)13-19(24)23-9-7-16(8-10-23)20-21-17-5-3-4-6-18(17)26-20/h3-6,14-16H,7-13H2,1-2H3/t14-,15-/m1/s1. The van der Waals surface area contributed by atoms with Gasteiger partial charge in [0.2, 0.25) is 5.91 Å². The van der Waals surface area contributed by atoms with E-state index in [0.29, 0.717) is 12.5 Å². The fourth-order valence-corrected chi connectivity index (χ4v) is 5.28. The van der Waals surface area contributed by atoms with Gasteiger partial charge in [0.25, 0.3) is 0 Å². The smallest absolute Gasteiger partial charge is 0.236 e. The van der Waals surface area contributed by atoms with Gasteiger partial charge in [-0.05, 0) is 38.8 Å². The van der Waals surface area contributed by atoms with Crippen molar-refractivity contribution in [1.82, 2.24) is 14.8 Å². The Morgan fingerprint density at radius 3 is 2.58 bits per heavy atom. The van der Waals surface area contributed by atoms with Crippen molar-refractivity contribution >= 4 is 27.5 Å². The number of para-hydroxylation sites is 1. The van der Waals surface area contributed by atoms with Gasteiger partial charge in [0.05, 0.1) is 34.0 Å². The average molecular weight is 374 g/mol. The van der Waals surface area contributed by atoms with Crippen molar-refractivity contribution in [3.05, 3.63) is 29.3 Å². The maximum atomic E-state index is 12.7. The first-order valence-corrected chi connectivity index (χ1v) is 10.4. The molecule has 1 amide bonds. The van der Waals surface area contributed by atoms with Gasteiger partial charge in [0.15, 0.2) is 0 Å². The van der Waals surface area contributed by atoms with Crippen LogP contribution in [0.1, 0.15) is 37.6 Å². The van der Waals surface area contributed by atoms with Crippen LogP contribution in [0.2, 0.25) is 0 Å². The molecule has 1 aromatic carbocycles. The summed E-state index contributed by atoms with van der Waals surface area (Å²) in [4.78, 5) is 21.8. The van der Waals surface area contributed by atoms with Crippen molar-refractivity contribution in [2.45, 2.75) is 44.8 Å². The molecule has 2 fully saturated rings. The lowest BCUT2D eigenvalue weighted by atomic mass is 9.97. The van der Waals surface area contributed by atoms with Gasteiger partial charge in [-0.1, -0.05) is 12.1 Å². The molecule has 2 aliphatic rings. The van der Waals surface area contributed by atoms with Gasteiger partial charge in [-0.3, -0.25) is 9.69 Å². The molecule has 0 saturated carbocycles. The number of benzene rings is 1. The van der Waals surface area contributed by atoms with E-state index in [1.165, 1.54) is 9.71 Å². The van der Waals surface area contributed by atoms with E-state index in [0.717, 1.165) is 44.5 Å². The number of ether oxygens (including phenoxy) is 1. The van der Waals surface area contributed by atoms with Gasteiger partial charge in [-0.2, -0.15) is 0 Å². The summed E-state index contributed by atoms with van der Waals surface area (Å²) >= 11 is 1.81. The molecular weight excluding hydrogens is 346 g/mol. The Balaban J connectivity index is 1.32. The van der Waals surface area contributed by atoms with Gasteiger partial charge in [-0.15, -0.1) is 11.3 Å². The molecule has 3 heterocycles. The Hall–Kier alpha value is -1.50. The molecule has 6 heteroatoms. The zero-order chi connectivity index (χ0) is 18.1. The van der Waals surface area contributed by atoms with Crippen molar-refractivity contribution in [1.29, 1.82) is 0 Å². The summed E-state index contributed by atoms with van der Waals surface area (Å²) in [6.45, 7) is 8.05. The summed E-state index contributed by atoms with van der Waals surface area (Å²) in [5.41, 5.74) is 1.10. The molecule has 2 atom stereocenters. The number of rotatable bonds is 3. The molecule has 2 saturated heterocycles. The predicted octanol–water partition coefficient (Wildman–Crippen LogP) is 3.11. The summed E-state index contributed by atoms with van der Waals surface area (Å²) in [6, 6.07) is 8.33. The van der Waals surface area contributed by atoms with Crippen LogP contribution in [-0.2, 0) is 9.53 Å². The lowest BCUT2D eigenvalue weighted by Gasteiger charge is -2.37. The third-order valence-corrected chi connectivity index (χ3v) is 6.56. The molecule has 1 aromatic heterocycles. The zero-order valence-electron chi connectivity index (χ0n) is 15.6. The monoisotopic (exact) mass is 373 g/mol. The van der Waals surface area contributed by atoms with Crippen LogP contribution in [0.15, 0.2) is 24.3 Å². The second-order valence-electron chi connectivity index (χ2n) is 7.63. The van der Waals surface area contributed by atoms with E-state index < -0.39 is 0 Å². The first-order valence-electron chi connectivity index (χ1n) is 9.59. The van der Waals surface area contributed by atoms with Crippen LogP contribution >= 0.6 is 11.3 Å². The van der Waals surface area contributed by atoms with E-state index in [-0.39, 0.29) is 18.1 Å². The van der Waals surface area contributed by atoms with E-state index in [4.69, 9.17) is 9.72 Å². The fourth-order valence-electron chi connectivity index (χ4n) is 4.15. The summed E-state index contributed by atoms with van der Waals surface area (Å²) in [5, 5.41) is 1.23. The molecule has 0 bridgehead atoms. The number of carbonyl (C=O) groups excluding carboxylic acids is 1. The number of nitrogens with zero attached hydrogens (tertiary/aromatic N) is 3. The van der Waals surface area contributed by atoms with Gasteiger partial charge >= 0.3 is 0 Å². The third kappa shape index (κ3) is 3.92. The first kappa shape index (κ1) is 17.9. The van der Waals surface area contributed by atoms with Gasteiger partial charge in [-0.25, -0.2) is 4.98 Å². The minimum Gasteiger partial charge on any atom is -0.373 e. The van der Waals surface area contributed by atoms with Crippen molar-refractivity contribution in [2.24, 2.45) is 0 Å². The maximum Gasteiger partial charge on any atom is 0.236 e. The van der Waals surface area contributed by atoms with E-state index in [2.05, 4.69) is 36.9 Å². The van der Waals surface area contributed by atoms with Gasteiger partial charge < -0.3 is 9.64 Å². The molecule has 2 aromatic rings. The Morgan fingerprint density at radius 2 is 1.88 bits per heavy atom. The summed E-state index contributed by atoms with van der Waals surface area (Å²) in [5.74, 6) is 0.744. The highest BCUT2D eigenvalue weighted by Crippen LogP contribution is 2.33. The molecule has 5 nitrogen and oxygen atoms in total. The minimum absolute atomic E-state index is 0.205. The molecule has 26 heavy (non-hydrogen) atoms. The van der Waals surface area contributed by atoms with Crippen LogP contribution in [0.4, 0.5) is 0 Å². The van der Waals surface area contributed by atoms with Crippen molar-refractivity contribution < 1.29 is 9.53 Å². The van der Waals surface area contributed by atoms with E-state index in [1.54, 1.807) is 11.3 Å². The van der Waals surface area contributed by atoms with Gasteiger partial charge in [0.1, 0.15) is 0 Å². The minimum atomic E-state index is 0.205. The van der Waals surface area contributed by atoms with Crippen molar-refractivity contribution in [2.75, 3.05) is 32.7 Å². The Kier molecular flexibility index (Phi) is 5.25. The van der Waals surface area contributed by atoms with Crippen LogP contribution in [0.25, 0.3) is 10.2 Å². The molecular formula is C20H27N3O2S. The molecule has 140 valence electrons. The number of thiazole rings is 1.